The van der Waals surface area contributed by atoms with Crippen LogP contribution in [0.25, 0.3) is 10.9 Å². The van der Waals surface area contributed by atoms with Gasteiger partial charge in [0.1, 0.15) is 0 Å². The molecule has 90 valence electrons. The first-order chi connectivity index (χ1) is 8.72. The van der Waals surface area contributed by atoms with E-state index in [4.69, 9.17) is 5.26 Å². The Morgan fingerprint density at radius 3 is 3.00 bits per heavy atom. The number of carbonyl (C=O) groups excluding carboxylic acids is 1. The summed E-state index contributed by atoms with van der Waals surface area (Å²) in [6.45, 7) is 2.23. The van der Waals surface area contributed by atoms with E-state index in [1.807, 2.05) is 37.3 Å². The zero-order chi connectivity index (χ0) is 13.0. The number of fused-ring (bicyclic) bond motifs is 1. The van der Waals surface area contributed by atoms with Crippen molar-refractivity contribution >= 4 is 16.8 Å². The molecule has 18 heavy (non-hydrogen) atoms. The Hall–Kier alpha value is -2.41. The van der Waals surface area contributed by atoms with Crippen molar-refractivity contribution in [3.63, 3.8) is 0 Å². The largest absolute Gasteiger partial charge is 0.351 e. The molecule has 1 aromatic heterocycles. The number of nitriles is 1. The van der Waals surface area contributed by atoms with Crippen LogP contribution in [0.15, 0.2) is 30.3 Å². The van der Waals surface area contributed by atoms with Gasteiger partial charge in [-0.2, -0.15) is 5.26 Å². The van der Waals surface area contributed by atoms with Crippen LogP contribution < -0.4 is 5.32 Å². The topological polar surface area (TPSA) is 65.8 Å². The number of pyridine rings is 1. The van der Waals surface area contributed by atoms with Crippen LogP contribution in [-0.4, -0.2) is 17.4 Å². The van der Waals surface area contributed by atoms with Gasteiger partial charge in [0.25, 0.3) is 5.91 Å². The van der Waals surface area contributed by atoms with Crippen LogP contribution in [0.4, 0.5) is 0 Å². The molecule has 1 amide bonds. The summed E-state index contributed by atoms with van der Waals surface area (Å²) in [6, 6.07) is 11.3. The standard InChI is InChI=1S/C14H13N3O/c1-10-9-12(14(18)16-8-4-7-15)11-5-2-3-6-13(11)17-10/h2-3,5-6,9H,4,8H2,1H3,(H,16,18). The van der Waals surface area contributed by atoms with Crippen molar-refractivity contribution in [2.24, 2.45) is 0 Å². The van der Waals surface area contributed by atoms with E-state index in [0.29, 0.717) is 18.5 Å². The molecule has 2 aromatic rings. The van der Waals surface area contributed by atoms with E-state index in [-0.39, 0.29) is 5.91 Å². The van der Waals surface area contributed by atoms with Gasteiger partial charge in [0.05, 0.1) is 23.6 Å². The van der Waals surface area contributed by atoms with Crippen LogP contribution >= 0.6 is 0 Å². The maximum absolute atomic E-state index is 12.0. The molecule has 2 rings (SSSR count). The molecule has 0 fully saturated rings. The molecule has 0 aliphatic heterocycles. The minimum atomic E-state index is -0.160. The van der Waals surface area contributed by atoms with E-state index in [0.717, 1.165) is 16.6 Å². The number of nitrogens with zero attached hydrogens (tertiary/aromatic N) is 2. The van der Waals surface area contributed by atoms with Crippen molar-refractivity contribution in [3.05, 3.63) is 41.6 Å². The minimum Gasteiger partial charge on any atom is -0.351 e. The fourth-order valence-corrected chi connectivity index (χ4v) is 1.82. The zero-order valence-electron chi connectivity index (χ0n) is 10.1. The van der Waals surface area contributed by atoms with Gasteiger partial charge in [-0.25, -0.2) is 0 Å². The van der Waals surface area contributed by atoms with Gasteiger partial charge in [0.2, 0.25) is 0 Å². The van der Waals surface area contributed by atoms with Gasteiger partial charge < -0.3 is 5.32 Å². The number of amides is 1. The van der Waals surface area contributed by atoms with Crippen LogP contribution in [0.3, 0.4) is 0 Å². The van der Waals surface area contributed by atoms with Crippen LogP contribution in [0.1, 0.15) is 22.5 Å². The molecule has 0 atom stereocenters. The van der Waals surface area contributed by atoms with Gasteiger partial charge in [-0.1, -0.05) is 18.2 Å². The van der Waals surface area contributed by atoms with Gasteiger partial charge >= 0.3 is 0 Å². The summed E-state index contributed by atoms with van der Waals surface area (Å²) in [7, 11) is 0. The van der Waals surface area contributed by atoms with E-state index >= 15 is 0 Å². The summed E-state index contributed by atoms with van der Waals surface area (Å²) in [6.07, 6.45) is 0.313. The predicted octanol–water partition coefficient (Wildman–Crippen LogP) is 2.19. The number of nitrogens with one attached hydrogen (secondary N) is 1. The van der Waals surface area contributed by atoms with Crippen molar-refractivity contribution in [2.45, 2.75) is 13.3 Å². The fraction of sp³-hybridized carbons (Fsp3) is 0.214. The first-order valence-electron chi connectivity index (χ1n) is 5.74. The SMILES string of the molecule is Cc1cc(C(=O)NCCC#N)c2ccccc2n1. The van der Waals surface area contributed by atoms with E-state index in [2.05, 4.69) is 10.3 Å². The molecule has 4 nitrogen and oxygen atoms in total. The molecule has 0 bridgehead atoms. The van der Waals surface area contributed by atoms with Crippen molar-refractivity contribution in [2.75, 3.05) is 6.54 Å². The lowest BCUT2D eigenvalue weighted by molar-refractivity contribution is 0.0956. The van der Waals surface area contributed by atoms with Gasteiger partial charge in [0.15, 0.2) is 0 Å². The molecule has 0 saturated heterocycles. The molecule has 1 N–H and O–H groups in total. The quantitative estimate of drug-likeness (QED) is 0.835. The third kappa shape index (κ3) is 2.46. The van der Waals surface area contributed by atoms with Crippen LogP contribution in [0.2, 0.25) is 0 Å². The Morgan fingerprint density at radius 1 is 1.44 bits per heavy atom. The molecule has 4 heteroatoms. The van der Waals surface area contributed by atoms with Crippen molar-refractivity contribution in [1.82, 2.24) is 10.3 Å². The van der Waals surface area contributed by atoms with E-state index in [9.17, 15) is 4.79 Å². The maximum atomic E-state index is 12.0. The second-order valence-corrected chi connectivity index (χ2v) is 3.99. The second-order valence-electron chi connectivity index (χ2n) is 3.99. The molecular formula is C14H13N3O. The third-order valence-electron chi connectivity index (χ3n) is 2.61. The van der Waals surface area contributed by atoms with Crippen molar-refractivity contribution in [3.8, 4) is 6.07 Å². The molecule has 0 saturated carbocycles. The first kappa shape index (κ1) is 12.1. The lowest BCUT2D eigenvalue weighted by Crippen LogP contribution is -2.24. The summed E-state index contributed by atoms with van der Waals surface area (Å²) in [5, 5.41) is 12.0. The number of benzene rings is 1. The minimum absolute atomic E-state index is 0.160. The summed E-state index contributed by atoms with van der Waals surface area (Å²) < 4.78 is 0. The maximum Gasteiger partial charge on any atom is 0.252 e. The molecular weight excluding hydrogens is 226 g/mol. The van der Waals surface area contributed by atoms with E-state index in [1.165, 1.54) is 0 Å². The van der Waals surface area contributed by atoms with Crippen molar-refractivity contribution < 1.29 is 4.79 Å². The van der Waals surface area contributed by atoms with Gasteiger partial charge in [-0.15, -0.1) is 0 Å². The fourth-order valence-electron chi connectivity index (χ4n) is 1.82. The molecule has 0 unspecified atom stereocenters. The Bertz CT molecular complexity index is 628. The molecule has 0 radical (unpaired) electrons. The highest BCUT2D eigenvalue weighted by atomic mass is 16.1. The number of aromatic nitrogens is 1. The number of aryl methyl sites for hydroxylation is 1. The smallest absolute Gasteiger partial charge is 0.252 e. The zero-order valence-corrected chi connectivity index (χ0v) is 10.1. The molecule has 0 spiro atoms. The molecule has 0 aliphatic carbocycles. The van der Waals surface area contributed by atoms with E-state index in [1.54, 1.807) is 6.07 Å². The highest BCUT2D eigenvalue weighted by molar-refractivity contribution is 6.06. The Labute approximate surface area is 105 Å². The third-order valence-corrected chi connectivity index (χ3v) is 2.61. The lowest BCUT2D eigenvalue weighted by atomic mass is 10.1. The summed E-state index contributed by atoms with van der Waals surface area (Å²) in [5.74, 6) is -0.160. The monoisotopic (exact) mass is 239 g/mol. The Balaban J connectivity index is 2.38. The second kappa shape index (κ2) is 5.28. The molecule has 1 heterocycles. The van der Waals surface area contributed by atoms with Gasteiger partial charge in [-0.05, 0) is 19.1 Å². The lowest BCUT2D eigenvalue weighted by Gasteiger charge is -2.07. The highest BCUT2D eigenvalue weighted by Gasteiger charge is 2.10. The number of hydrogen-bond acceptors (Lipinski definition) is 3. The number of para-hydroxylation sites is 1. The normalized spacial score (nSPS) is 10.0. The Kier molecular flexibility index (Phi) is 3.54. The summed E-state index contributed by atoms with van der Waals surface area (Å²) >= 11 is 0. The van der Waals surface area contributed by atoms with Crippen LogP contribution in [0.5, 0.6) is 0 Å². The van der Waals surface area contributed by atoms with Crippen molar-refractivity contribution in [1.29, 1.82) is 5.26 Å². The molecule has 1 aromatic carbocycles. The van der Waals surface area contributed by atoms with E-state index < -0.39 is 0 Å². The predicted molar refractivity (Wildman–Crippen MR) is 69.0 cm³/mol. The highest BCUT2D eigenvalue weighted by Crippen LogP contribution is 2.17. The van der Waals surface area contributed by atoms with Gasteiger partial charge in [-0.3, -0.25) is 9.78 Å². The average molecular weight is 239 g/mol. The van der Waals surface area contributed by atoms with Crippen LogP contribution in [0, 0.1) is 18.3 Å². The summed E-state index contributed by atoms with van der Waals surface area (Å²) in [4.78, 5) is 16.4. The first-order valence-corrected chi connectivity index (χ1v) is 5.74. The number of hydrogen-bond donors (Lipinski definition) is 1. The van der Waals surface area contributed by atoms with Gasteiger partial charge in [0, 0.05) is 17.6 Å². The average Bonchev–Trinajstić information content (AvgIpc) is 2.38. The Morgan fingerprint density at radius 2 is 2.22 bits per heavy atom. The van der Waals surface area contributed by atoms with Crippen LogP contribution in [-0.2, 0) is 0 Å². The summed E-state index contributed by atoms with van der Waals surface area (Å²) in [5.41, 5.74) is 2.22. The number of carbonyl (C=O) groups is 1. The number of rotatable bonds is 3. The molecule has 0 aliphatic rings.